The summed E-state index contributed by atoms with van der Waals surface area (Å²) in [5.74, 6) is 0. The summed E-state index contributed by atoms with van der Waals surface area (Å²) in [6.45, 7) is 3.60. The van der Waals surface area contributed by atoms with Crippen molar-refractivity contribution in [1.29, 1.82) is 0 Å². The summed E-state index contributed by atoms with van der Waals surface area (Å²) in [5, 5.41) is 0.384. The number of halogens is 1. The van der Waals surface area contributed by atoms with Crippen LogP contribution in [0.3, 0.4) is 0 Å². The third-order valence-corrected chi connectivity index (χ3v) is 1.52. The molecule has 0 aromatic carbocycles. The Hall–Kier alpha value is -1.09. The molecule has 0 fully saturated rings. The smallest absolute Gasteiger partial charge is 0.171 e. The Labute approximate surface area is 69.7 Å². The van der Waals surface area contributed by atoms with Crippen molar-refractivity contribution in [2.45, 2.75) is 0 Å². The highest BCUT2D eigenvalue weighted by atomic mass is 35.5. The van der Waals surface area contributed by atoms with Gasteiger partial charge in [0.15, 0.2) is 10.6 Å². The average molecular weight is 170 g/mol. The van der Waals surface area contributed by atoms with Crippen LogP contribution >= 0.6 is 11.6 Å². The van der Waals surface area contributed by atoms with Gasteiger partial charge in [-0.15, -0.1) is 0 Å². The Kier molecular flexibility index (Phi) is 2.44. The molecule has 58 valence electrons. The monoisotopic (exact) mass is 169 g/mol. The predicted molar refractivity (Wildman–Crippen MR) is 45.1 cm³/mol. The number of nitrogens with zero attached hydrogens (tertiary/aromatic N) is 3. The molecule has 3 nitrogen and oxygen atoms in total. The summed E-state index contributed by atoms with van der Waals surface area (Å²) < 4.78 is 1.70. The summed E-state index contributed by atoms with van der Waals surface area (Å²) in [6.07, 6.45) is 4.95. The SMILES string of the molecule is C=Cn1ccnc(Cl)c1=NC. The van der Waals surface area contributed by atoms with E-state index in [4.69, 9.17) is 11.6 Å². The Morgan fingerprint density at radius 3 is 3.00 bits per heavy atom. The lowest BCUT2D eigenvalue weighted by molar-refractivity contribution is 0.955. The van der Waals surface area contributed by atoms with E-state index in [0.29, 0.717) is 10.6 Å². The zero-order chi connectivity index (χ0) is 8.27. The van der Waals surface area contributed by atoms with Crippen molar-refractivity contribution in [3.63, 3.8) is 0 Å². The minimum Gasteiger partial charge on any atom is -0.305 e. The molecule has 0 saturated heterocycles. The van der Waals surface area contributed by atoms with Gasteiger partial charge >= 0.3 is 0 Å². The maximum Gasteiger partial charge on any atom is 0.171 e. The standard InChI is InChI=1S/C7H8ClN3/c1-3-11-5-4-10-6(8)7(11)9-2/h3-5H,1H2,2H3. The Morgan fingerprint density at radius 2 is 2.55 bits per heavy atom. The molecule has 0 aliphatic rings. The van der Waals surface area contributed by atoms with Crippen LogP contribution < -0.4 is 5.49 Å². The molecule has 4 heteroatoms. The van der Waals surface area contributed by atoms with Crippen LogP contribution in [0.1, 0.15) is 0 Å². The molecule has 0 amide bonds. The molecule has 11 heavy (non-hydrogen) atoms. The van der Waals surface area contributed by atoms with Gasteiger partial charge < -0.3 is 4.57 Å². The van der Waals surface area contributed by atoms with E-state index in [0.717, 1.165) is 0 Å². The number of hydrogen-bond acceptors (Lipinski definition) is 2. The predicted octanol–water partition coefficient (Wildman–Crippen LogP) is 1.17. The summed E-state index contributed by atoms with van der Waals surface area (Å²) in [5.41, 5.74) is 0.615. The molecule has 0 spiro atoms. The van der Waals surface area contributed by atoms with E-state index >= 15 is 0 Å². The van der Waals surface area contributed by atoms with Crippen LogP contribution in [0.2, 0.25) is 5.15 Å². The second-order valence-electron chi connectivity index (χ2n) is 1.86. The van der Waals surface area contributed by atoms with Crippen LogP contribution in [-0.4, -0.2) is 16.6 Å². The van der Waals surface area contributed by atoms with Gasteiger partial charge in [0.25, 0.3) is 0 Å². The van der Waals surface area contributed by atoms with E-state index in [1.807, 2.05) is 0 Å². The quantitative estimate of drug-likeness (QED) is 0.621. The highest BCUT2D eigenvalue weighted by Crippen LogP contribution is 1.93. The highest BCUT2D eigenvalue weighted by molar-refractivity contribution is 6.29. The van der Waals surface area contributed by atoms with Gasteiger partial charge in [0.2, 0.25) is 0 Å². The Morgan fingerprint density at radius 1 is 1.82 bits per heavy atom. The first kappa shape index (κ1) is 8.01. The van der Waals surface area contributed by atoms with Crippen molar-refractivity contribution in [2.75, 3.05) is 7.05 Å². The molecule has 1 aromatic heterocycles. The fourth-order valence-corrected chi connectivity index (χ4v) is 0.999. The molecule has 0 unspecified atom stereocenters. The topological polar surface area (TPSA) is 30.2 Å². The normalized spacial score (nSPS) is 11.6. The Balaban J connectivity index is 3.49. The average Bonchev–Trinajstić information content (AvgIpc) is 2.04. The van der Waals surface area contributed by atoms with Crippen LogP contribution in [0, 0.1) is 0 Å². The molecular weight excluding hydrogens is 162 g/mol. The molecule has 0 radical (unpaired) electrons. The van der Waals surface area contributed by atoms with E-state index in [2.05, 4.69) is 16.6 Å². The second kappa shape index (κ2) is 3.34. The van der Waals surface area contributed by atoms with Crippen molar-refractivity contribution >= 4 is 17.8 Å². The molecule has 0 N–H and O–H groups in total. The lowest BCUT2D eigenvalue weighted by atomic mass is 10.6. The molecule has 1 rings (SSSR count). The first-order chi connectivity index (χ1) is 5.29. The van der Waals surface area contributed by atoms with Gasteiger partial charge in [0.1, 0.15) is 0 Å². The van der Waals surface area contributed by atoms with Crippen molar-refractivity contribution in [3.8, 4) is 0 Å². The molecule has 0 saturated carbocycles. The summed E-state index contributed by atoms with van der Waals surface area (Å²) in [7, 11) is 1.66. The molecule has 0 aliphatic carbocycles. The van der Waals surface area contributed by atoms with Gasteiger partial charge in [-0.1, -0.05) is 18.2 Å². The van der Waals surface area contributed by atoms with Gasteiger partial charge in [-0.25, -0.2) is 4.98 Å². The maximum absolute atomic E-state index is 5.73. The van der Waals surface area contributed by atoms with Gasteiger partial charge in [-0.2, -0.15) is 0 Å². The van der Waals surface area contributed by atoms with E-state index in [9.17, 15) is 0 Å². The summed E-state index contributed by atoms with van der Waals surface area (Å²) >= 11 is 5.73. The van der Waals surface area contributed by atoms with Crippen molar-refractivity contribution < 1.29 is 0 Å². The van der Waals surface area contributed by atoms with Gasteiger partial charge in [0, 0.05) is 25.6 Å². The van der Waals surface area contributed by atoms with Crippen LogP contribution in [-0.2, 0) is 0 Å². The number of aromatic nitrogens is 2. The highest BCUT2D eigenvalue weighted by Gasteiger charge is 1.93. The Bertz CT molecular complexity index is 327. The van der Waals surface area contributed by atoms with E-state index in [1.165, 1.54) is 0 Å². The minimum atomic E-state index is 0.384. The third kappa shape index (κ3) is 1.49. The fraction of sp³-hybridized carbons (Fsp3) is 0.143. The van der Waals surface area contributed by atoms with Gasteiger partial charge in [0.05, 0.1) is 0 Å². The zero-order valence-electron chi connectivity index (χ0n) is 6.16. The molecule has 0 atom stereocenters. The van der Waals surface area contributed by atoms with Gasteiger partial charge in [-0.05, 0) is 0 Å². The number of rotatable bonds is 1. The first-order valence-corrected chi connectivity index (χ1v) is 3.45. The molecule has 0 aliphatic heterocycles. The molecule has 0 bridgehead atoms. The van der Waals surface area contributed by atoms with Crippen LogP contribution in [0.25, 0.3) is 6.20 Å². The van der Waals surface area contributed by atoms with Crippen molar-refractivity contribution in [2.24, 2.45) is 4.99 Å². The van der Waals surface area contributed by atoms with E-state index < -0.39 is 0 Å². The van der Waals surface area contributed by atoms with Crippen LogP contribution in [0.15, 0.2) is 24.0 Å². The van der Waals surface area contributed by atoms with E-state index in [1.54, 1.807) is 30.2 Å². The second-order valence-corrected chi connectivity index (χ2v) is 2.21. The lowest BCUT2D eigenvalue weighted by Gasteiger charge is -1.98. The summed E-state index contributed by atoms with van der Waals surface area (Å²) in [4.78, 5) is 7.80. The van der Waals surface area contributed by atoms with E-state index in [-0.39, 0.29) is 0 Å². The van der Waals surface area contributed by atoms with Crippen LogP contribution in [0.5, 0.6) is 0 Å². The van der Waals surface area contributed by atoms with Crippen molar-refractivity contribution in [1.82, 2.24) is 9.55 Å². The molecule has 1 heterocycles. The first-order valence-electron chi connectivity index (χ1n) is 3.07. The van der Waals surface area contributed by atoms with Crippen molar-refractivity contribution in [3.05, 3.63) is 29.6 Å². The van der Waals surface area contributed by atoms with Crippen LogP contribution in [0.4, 0.5) is 0 Å². The lowest BCUT2D eigenvalue weighted by Crippen LogP contribution is -2.17. The largest absolute Gasteiger partial charge is 0.305 e. The summed E-state index contributed by atoms with van der Waals surface area (Å²) in [6, 6.07) is 0. The third-order valence-electron chi connectivity index (χ3n) is 1.25. The minimum absolute atomic E-state index is 0.384. The fourth-order valence-electron chi connectivity index (χ4n) is 0.761. The number of hydrogen-bond donors (Lipinski definition) is 0. The zero-order valence-corrected chi connectivity index (χ0v) is 6.91. The molecule has 1 aromatic rings. The molecular formula is C7H8ClN3. The van der Waals surface area contributed by atoms with Gasteiger partial charge in [-0.3, -0.25) is 4.99 Å². The maximum atomic E-state index is 5.73.